The van der Waals surface area contributed by atoms with Crippen LogP contribution in [0.5, 0.6) is 5.88 Å². The topological polar surface area (TPSA) is 95.0 Å². The second kappa shape index (κ2) is 11.3. The Morgan fingerprint density at radius 3 is 2.71 bits per heavy atom. The number of benzene rings is 1. The number of nitrogens with zero attached hydrogens (tertiary/aromatic N) is 3. The van der Waals surface area contributed by atoms with Crippen LogP contribution in [0, 0.1) is 11.7 Å². The predicted octanol–water partition coefficient (Wildman–Crippen LogP) is 3.16. The van der Waals surface area contributed by atoms with Gasteiger partial charge in [-0.2, -0.15) is 0 Å². The van der Waals surface area contributed by atoms with E-state index in [1.54, 1.807) is 48.2 Å². The van der Waals surface area contributed by atoms with Crippen LogP contribution >= 0.6 is 0 Å². The zero-order chi connectivity index (χ0) is 24.8. The fourth-order valence-electron chi connectivity index (χ4n) is 3.84. The average molecular weight is 473 g/mol. The maximum Gasteiger partial charge on any atom is 0.317 e. The zero-order valence-electron chi connectivity index (χ0n) is 20.1. The van der Waals surface area contributed by atoms with E-state index in [0.717, 1.165) is 6.42 Å². The minimum Gasteiger partial charge on any atom is -0.472 e. The summed E-state index contributed by atoms with van der Waals surface area (Å²) in [6.45, 7) is 6.74. The van der Waals surface area contributed by atoms with Crippen molar-refractivity contribution >= 4 is 11.9 Å². The van der Waals surface area contributed by atoms with Gasteiger partial charge >= 0.3 is 6.03 Å². The number of amides is 3. The van der Waals surface area contributed by atoms with Gasteiger partial charge in [0.15, 0.2) is 0 Å². The van der Waals surface area contributed by atoms with Gasteiger partial charge in [-0.15, -0.1) is 0 Å². The molecule has 1 aromatic heterocycles. The second-order valence-corrected chi connectivity index (χ2v) is 8.82. The third kappa shape index (κ3) is 5.83. The molecular formula is C25H33FN4O4. The van der Waals surface area contributed by atoms with E-state index in [0.29, 0.717) is 30.8 Å². The lowest BCUT2D eigenvalue weighted by molar-refractivity contribution is 0.0352. The Morgan fingerprint density at radius 2 is 2.06 bits per heavy atom. The van der Waals surface area contributed by atoms with Crippen molar-refractivity contribution in [3.63, 3.8) is 0 Å². The van der Waals surface area contributed by atoms with Crippen molar-refractivity contribution in [2.24, 2.45) is 5.92 Å². The van der Waals surface area contributed by atoms with Crippen LogP contribution in [0.3, 0.4) is 0 Å². The van der Waals surface area contributed by atoms with E-state index in [4.69, 9.17) is 4.74 Å². The molecule has 0 bridgehead atoms. The van der Waals surface area contributed by atoms with Crippen LogP contribution in [0.25, 0.3) is 11.1 Å². The Hall–Kier alpha value is -3.20. The number of ether oxygens (including phenoxy) is 1. The number of nitrogens with one attached hydrogen (secondary N) is 1. The molecule has 3 atom stereocenters. The number of likely N-dealkylation sites (N-methyl/N-ethyl adjacent to an activating group) is 1. The summed E-state index contributed by atoms with van der Waals surface area (Å²) in [7, 11) is 1.70. The number of halogens is 1. The van der Waals surface area contributed by atoms with Crippen molar-refractivity contribution in [3.05, 3.63) is 47.9 Å². The summed E-state index contributed by atoms with van der Waals surface area (Å²) in [6, 6.07) is 7.01. The SMILES string of the molecule is CCCNC(=O)N(C)C[C@H]1Oc2ncc(-c3ccc(F)cc3)cc2C(=O)N([C@H](C)CO)C[C@H]1C. The third-order valence-electron chi connectivity index (χ3n) is 6.03. The molecule has 34 heavy (non-hydrogen) atoms. The molecule has 0 saturated carbocycles. The quantitative estimate of drug-likeness (QED) is 0.646. The van der Waals surface area contributed by atoms with E-state index >= 15 is 0 Å². The van der Waals surface area contributed by atoms with E-state index in [2.05, 4.69) is 10.3 Å². The highest BCUT2D eigenvalue weighted by Gasteiger charge is 2.34. The molecule has 1 aliphatic heterocycles. The Kier molecular flexibility index (Phi) is 8.44. The minimum atomic E-state index is -0.429. The first-order valence-electron chi connectivity index (χ1n) is 11.6. The number of rotatable bonds is 7. The Bertz CT molecular complexity index is 1000. The van der Waals surface area contributed by atoms with Crippen LogP contribution in [0.4, 0.5) is 9.18 Å². The van der Waals surface area contributed by atoms with Crippen molar-refractivity contribution in [1.29, 1.82) is 0 Å². The first-order chi connectivity index (χ1) is 16.2. The maximum absolute atomic E-state index is 13.5. The smallest absolute Gasteiger partial charge is 0.317 e. The largest absolute Gasteiger partial charge is 0.472 e. The van der Waals surface area contributed by atoms with E-state index in [1.807, 2.05) is 13.8 Å². The zero-order valence-corrected chi connectivity index (χ0v) is 20.1. The fraction of sp³-hybridized carbons (Fsp3) is 0.480. The van der Waals surface area contributed by atoms with Crippen LogP contribution in [-0.2, 0) is 0 Å². The van der Waals surface area contributed by atoms with Gasteiger partial charge in [0.1, 0.15) is 17.5 Å². The van der Waals surface area contributed by atoms with Crippen LogP contribution < -0.4 is 10.1 Å². The van der Waals surface area contributed by atoms with Crippen molar-refractivity contribution in [1.82, 2.24) is 20.1 Å². The predicted molar refractivity (Wildman–Crippen MR) is 127 cm³/mol. The second-order valence-electron chi connectivity index (χ2n) is 8.82. The Morgan fingerprint density at radius 1 is 1.35 bits per heavy atom. The van der Waals surface area contributed by atoms with Gasteiger partial charge in [-0.05, 0) is 37.1 Å². The molecule has 2 aromatic rings. The number of carbonyl (C=O) groups excluding carboxylic acids is 2. The molecule has 1 aliphatic rings. The Balaban J connectivity index is 1.97. The molecule has 1 aromatic carbocycles. The van der Waals surface area contributed by atoms with Gasteiger partial charge in [0.2, 0.25) is 5.88 Å². The molecule has 184 valence electrons. The van der Waals surface area contributed by atoms with Gasteiger partial charge in [-0.1, -0.05) is 26.0 Å². The number of aromatic nitrogens is 1. The highest BCUT2D eigenvalue weighted by atomic mass is 19.1. The molecular weight excluding hydrogens is 439 g/mol. The van der Waals surface area contributed by atoms with Crippen molar-refractivity contribution < 1.29 is 23.8 Å². The van der Waals surface area contributed by atoms with E-state index in [-0.39, 0.29) is 41.7 Å². The van der Waals surface area contributed by atoms with E-state index in [1.165, 1.54) is 12.1 Å². The molecule has 0 aliphatic carbocycles. The van der Waals surface area contributed by atoms with Crippen LogP contribution in [0.15, 0.2) is 36.5 Å². The number of hydrogen-bond donors (Lipinski definition) is 2. The van der Waals surface area contributed by atoms with Crippen molar-refractivity contribution in [3.8, 4) is 17.0 Å². The number of aliphatic hydroxyl groups excluding tert-OH is 1. The fourth-order valence-corrected chi connectivity index (χ4v) is 3.84. The van der Waals surface area contributed by atoms with Gasteiger partial charge in [-0.3, -0.25) is 4.79 Å². The number of carbonyl (C=O) groups is 2. The lowest BCUT2D eigenvalue weighted by Gasteiger charge is -2.37. The normalized spacial score (nSPS) is 18.9. The van der Waals surface area contributed by atoms with Crippen molar-refractivity contribution in [2.75, 3.05) is 33.3 Å². The summed E-state index contributed by atoms with van der Waals surface area (Å²) in [5.74, 6) is -0.613. The molecule has 0 radical (unpaired) electrons. The molecule has 3 amide bonds. The number of pyridine rings is 1. The molecule has 8 nitrogen and oxygen atoms in total. The van der Waals surface area contributed by atoms with Gasteiger partial charge in [0, 0.05) is 37.8 Å². The minimum absolute atomic E-state index is 0.133. The summed E-state index contributed by atoms with van der Waals surface area (Å²) in [5.41, 5.74) is 1.62. The highest BCUT2D eigenvalue weighted by Crippen LogP contribution is 2.30. The molecule has 3 rings (SSSR count). The average Bonchev–Trinajstić information content (AvgIpc) is 2.84. The van der Waals surface area contributed by atoms with Crippen LogP contribution in [0.1, 0.15) is 37.6 Å². The lowest BCUT2D eigenvalue weighted by atomic mass is 9.99. The number of aliphatic hydroxyl groups is 1. The number of urea groups is 1. The molecule has 2 heterocycles. The molecule has 0 fully saturated rings. The van der Waals surface area contributed by atoms with Crippen molar-refractivity contribution in [2.45, 2.75) is 39.3 Å². The Labute approximate surface area is 199 Å². The summed E-state index contributed by atoms with van der Waals surface area (Å²) >= 11 is 0. The van der Waals surface area contributed by atoms with Gasteiger partial charge in [-0.25, -0.2) is 14.2 Å². The molecule has 2 N–H and O–H groups in total. The summed E-state index contributed by atoms with van der Waals surface area (Å²) in [4.78, 5) is 33.5. The monoisotopic (exact) mass is 472 g/mol. The first-order valence-corrected chi connectivity index (χ1v) is 11.6. The number of fused-ring (bicyclic) bond motifs is 1. The standard InChI is InChI=1S/C25H33FN4O4/c1-5-10-27-25(33)29(4)14-22-16(2)13-30(17(3)15-31)24(32)21-11-19(12-28-23(21)34-22)18-6-8-20(26)9-7-18/h6-9,11-12,16-17,22,31H,5,10,13-15H2,1-4H3,(H,27,33)/t16-,17-,22-/m1/s1. The summed E-state index contributed by atoms with van der Waals surface area (Å²) < 4.78 is 19.6. The summed E-state index contributed by atoms with van der Waals surface area (Å²) in [5, 5.41) is 12.6. The first kappa shape index (κ1) is 25.4. The third-order valence-corrected chi connectivity index (χ3v) is 6.03. The van der Waals surface area contributed by atoms with Gasteiger partial charge < -0.3 is 25.0 Å². The van der Waals surface area contributed by atoms with Gasteiger partial charge in [0.05, 0.1) is 19.2 Å². The van der Waals surface area contributed by atoms with Crippen LogP contribution in [-0.4, -0.2) is 77.3 Å². The lowest BCUT2D eigenvalue weighted by Crippen LogP contribution is -2.51. The highest BCUT2D eigenvalue weighted by molar-refractivity contribution is 5.98. The molecule has 0 spiro atoms. The summed E-state index contributed by atoms with van der Waals surface area (Å²) in [6.07, 6.45) is 1.99. The van der Waals surface area contributed by atoms with Gasteiger partial charge in [0.25, 0.3) is 5.91 Å². The van der Waals surface area contributed by atoms with E-state index < -0.39 is 12.1 Å². The molecule has 0 unspecified atom stereocenters. The van der Waals surface area contributed by atoms with E-state index in [9.17, 15) is 19.1 Å². The molecule has 0 saturated heterocycles. The molecule has 9 heteroatoms. The van der Waals surface area contributed by atoms with Crippen LogP contribution in [0.2, 0.25) is 0 Å². The number of hydrogen-bond acceptors (Lipinski definition) is 5. The maximum atomic E-state index is 13.5.